The predicted octanol–water partition coefficient (Wildman–Crippen LogP) is 3.43. The third-order valence-electron chi connectivity index (χ3n) is 2.29. The molecule has 1 aromatic heterocycles. The first-order valence-corrected chi connectivity index (χ1v) is 5.82. The lowest BCUT2D eigenvalue weighted by atomic mass is 10.4. The summed E-state index contributed by atoms with van der Waals surface area (Å²) in [5, 5.41) is 3.47. The number of hydrogen-bond acceptors (Lipinski definition) is 2. The lowest BCUT2D eigenvalue weighted by Gasteiger charge is -2.08. The molecule has 0 aromatic carbocycles. The SMILES string of the molecule is CC1CC1Nc1c(Br)cncc1Br. The molecule has 1 N–H and O–H groups in total. The number of hydrogen-bond donors (Lipinski definition) is 1. The molecule has 1 saturated carbocycles. The van der Waals surface area contributed by atoms with Crippen molar-refractivity contribution >= 4 is 37.5 Å². The van der Waals surface area contributed by atoms with Gasteiger partial charge in [-0.2, -0.15) is 0 Å². The van der Waals surface area contributed by atoms with Crippen LogP contribution in [0.2, 0.25) is 0 Å². The molecule has 1 heterocycles. The van der Waals surface area contributed by atoms with Gasteiger partial charge in [0.05, 0.1) is 14.6 Å². The highest BCUT2D eigenvalue weighted by molar-refractivity contribution is 9.11. The Morgan fingerprint density at radius 2 is 1.92 bits per heavy atom. The molecule has 1 aromatic rings. The van der Waals surface area contributed by atoms with E-state index in [-0.39, 0.29) is 0 Å². The van der Waals surface area contributed by atoms with Gasteiger partial charge in [-0.1, -0.05) is 6.92 Å². The van der Waals surface area contributed by atoms with E-state index in [1.54, 1.807) is 12.4 Å². The van der Waals surface area contributed by atoms with Crippen LogP contribution >= 0.6 is 31.9 Å². The maximum Gasteiger partial charge on any atom is 0.0662 e. The lowest BCUT2D eigenvalue weighted by molar-refractivity contribution is 0.927. The smallest absolute Gasteiger partial charge is 0.0662 e. The van der Waals surface area contributed by atoms with Crippen LogP contribution in [0.1, 0.15) is 13.3 Å². The molecule has 0 bridgehead atoms. The third kappa shape index (κ3) is 2.05. The average molecular weight is 306 g/mol. The summed E-state index contributed by atoms with van der Waals surface area (Å²) in [6.45, 7) is 2.25. The predicted molar refractivity (Wildman–Crippen MR) is 60.8 cm³/mol. The van der Waals surface area contributed by atoms with E-state index in [1.807, 2.05) is 0 Å². The fourth-order valence-corrected chi connectivity index (χ4v) is 2.42. The van der Waals surface area contributed by atoms with Crippen molar-refractivity contribution in [1.82, 2.24) is 4.98 Å². The molecule has 0 aliphatic heterocycles. The molecule has 2 rings (SSSR count). The van der Waals surface area contributed by atoms with Crippen LogP contribution in [-0.4, -0.2) is 11.0 Å². The minimum Gasteiger partial charge on any atom is -0.380 e. The monoisotopic (exact) mass is 304 g/mol. The second-order valence-corrected chi connectivity index (χ2v) is 5.15. The standard InChI is InChI=1S/C9H10Br2N2/c1-5-2-8(5)13-9-6(10)3-12-4-7(9)11/h3-5,8H,2H2,1H3,(H,12,13). The first-order chi connectivity index (χ1) is 6.18. The zero-order valence-electron chi connectivity index (χ0n) is 7.22. The Morgan fingerprint density at radius 3 is 2.38 bits per heavy atom. The zero-order valence-corrected chi connectivity index (χ0v) is 10.4. The van der Waals surface area contributed by atoms with Gasteiger partial charge in [0, 0.05) is 18.4 Å². The van der Waals surface area contributed by atoms with Gasteiger partial charge < -0.3 is 5.32 Å². The lowest BCUT2D eigenvalue weighted by Crippen LogP contribution is -2.04. The molecule has 1 aliphatic rings. The summed E-state index contributed by atoms with van der Waals surface area (Å²) in [6, 6.07) is 0.634. The average Bonchev–Trinajstić information content (AvgIpc) is 2.75. The van der Waals surface area contributed by atoms with Gasteiger partial charge in [0.15, 0.2) is 0 Å². The molecule has 2 unspecified atom stereocenters. The molecule has 0 radical (unpaired) electrons. The summed E-state index contributed by atoms with van der Waals surface area (Å²) in [5.41, 5.74) is 1.12. The number of aromatic nitrogens is 1. The number of pyridine rings is 1. The fourth-order valence-electron chi connectivity index (χ4n) is 1.26. The van der Waals surface area contributed by atoms with Gasteiger partial charge in [-0.3, -0.25) is 4.98 Å². The Labute approximate surface area is 94.4 Å². The quantitative estimate of drug-likeness (QED) is 0.905. The zero-order chi connectivity index (χ0) is 9.42. The fraction of sp³-hybridized carbons (Fsp3) is 0.444. The molecule has 0 spiro atoms. The Balaban J connectivity index is 2.18. The molecule has 0 amide bonds. The van der Waals surface area contributed by atoms with Gasteiger partial charge in [-0.15, -0.1) is 0 Å². The van der Waals surface area contributed by atoms with E-state index in [1.165, 1.54) is 6.42 Å². The van der Waals surface area contributed by atoms with Crippen molar-refractivity contribution in [3.63, 3.8) is 0 Å². The second-order valence-electron chi connectivity index (χ2n) is 3.44. The van der Waals surface area contributed by atoms with Crippen molar-refractivity contribution < 1.29 is 0 Å². The normalized spacial score (nSPS) is 25.8. The van der Waals surface area contributed by atoms with Crippen LogP contribution in [-0.2, 0) is 0 Å². The van der Waals surface area contributed by atoms with Gasteiger partial charge in [0.2, 0.25) is 0 Å². The van der Waals surface area contributed by atoms with Crippen LogP contribution in [0.3, 0.4) is 0 Å². The highest BCUT2D eigenvalue weighted by Gasteiger charge is 2.33. The Kier molecular flexibility index (Phi) is 2.60. The van der Waals surface area contributed by atoms with Gasteiger partial charge in [0.1, 0.15) is 0 Å². The van der Waals surface area contributed by atoms with Gasteiger partial charge >= 0.3 is 0 Å². The summed E-state index contributed by atoms with van der Waals surface area (Å²) in [5.74, 6) is 0.798. The number of nitrogens with zero attached hydrogens (tertiary/aromatic N) is 1. The molecule has 2 nitrogen and oxygen atoms in total. The first kappa shape index (κ1) is 9.46. The van der Waals surface area contributed by atoms with Crippen molar-refractivity contribution in [2.45, 2.75) is 19.4 Å². The molecular weight excluding hydrogens is 296 g/mol. The van der Waals surface area contributed by atoms with Crippen molar-refractivity contribution in [3.05, 3.63) is 21.3 Å². The molecular formula is C9H10Br2N2. The maximum atomic E-state index is 4.06. The molecule has 1 fully saturated rings. The van der Waals surface area contributed by atoms with Crippen LogP contribution in [0.25, 0.3) is 0 Å². The minimum absolute atomic E-state index is 0.634. The van der Waals surface area contributed by atoms with E-state index in [9.17, 15) is 0 Å². The molecule has 4 heteroatoms. The molecule has 2 atom stereocenters. The number of nitrogens with one attached hydrogen (secondary N) is 1. The summed E-state index contributed by atoms with van der Waals surface area (Å²) >= 11 is 6.94. The van der Waals surface area contributed by atoms with Gasteiger partial charge in [0.25, 0.3) is 0 Å². The number of halogens is 2. The summed E-state index contributed by atoms with van der Waals surface area (Å²) in [6.07, 6.45) is 4.88. The minimum atomic E-state index is 0.634. The molecule has 1 aliphatic carbocycles. The third-order valence-corrected chi connectivity index (χ3v) is 3.50. The number of anilines is 1. The maximum absolute atomic E-state index is 4.06. The summed E-state index contributed by atoms with van der Waals surface area (Å²) < 4.78 is 2.03. The van der Waals surface area contributed by atoms with Crippen LogP contribution in [0.4, 0.5) is 5.69 Å². The summed E-state index contributed by atoms with van der Waals surface area (Å²) in [4.78, 5) is 4.06. The molecule has 13 heavy (non-hydrogen) atoms. The Morgan fingerprint density at radius 1 is 1.38 bits per heavy atom. The Bertz CT molecular complexity index is 307. The highest BCUT2D eigenvalue weighted by Crippen LogP contribution is 2.37. The van der Waals surface area contributed by atoms with E-state index < -0.39 is 0 Å². The van der Waals surface area contributed by atoms with E-state index in [4.69, 9.17) is 0 Å². The molecule has 70 valence electrons. The molecule has 0 saturated heterocycles. The van der Waals surface area contributed by atoms with Crippen molar-refractivity contribution in [1.29, 1.82) is 0 Å². The van der Waals surface area contributed by atoms with E-state index >= 15 is 0 Å². The van der Waals surface area contributed by atoms with Crippen molar-refractivity contribution in [3.8, 4) is 0 Å². The van der Waals surface area contributed by atoms with E-state index in [0.29, 0.717) is 6.04 Å². The highest BCUT2D eigenvalue weighted by atomic mass is 79.9. The Hall–Kier alpha value is -0.0900. The van der Waals surface area contributed by atoms with E-state index in [2.05, 4.69) is 49.1 Å². The van der Waals surface area contributed by atoms with Gasteiger partial charge in [-0.25, -0.2) is 0 Å². The van der Waals surface area contributed by atoms with Gasteiger partial charge in [-0.05, 0) is 44.2 Å². The van der Waals surface area contributed by atoms with Crippen molar-refractivity contribution in [2.24, 2.45) is 5.92 Å². The van der Waals surface area contributed by atoms with Crippen LogP contribution < -0.4 is 5.32 Å². The van der Waals surface area contributed by atoms with E-state index in [0.717, 1.165) is 20.6 Å². The second kappa shape index (κ2) is 3.58. The van der Waals surface area contributed by atoms with Crippen LogP contribution in [0, 0.1) is 5.92 Å². The van der Waals surface area contributed by atoms with Crippen molar-refractivity contribution in [2.75, 3.05) is 5.32 Å². The van der Waals surface area contributed by atoms with Crippen LogP contribution in [0.5, 0.6) is 0 Å². The largest absolute Gasteiger partial charge is 0.380 e. The first-order valence-electron chi connectivity index (χ1n) is 4.24. The van der Waals surface area contributed by atoms with Crippen LogP contribution in [0.15, 0.2) is 21.3 Å². The summed E-state index contributed by atoms with van der Waals surface area (Å²) in [7, 11) is 0. The number of rotatable bonds is 2. The topological polar surface area (TPSA) is 24.9 Å².